The second-order valence-electron chi connectivity index (χ2n) is 4.71. The number of para-hydroxylation sites is 1. The van der Waals surface area contributed by atoms with Gasteiger partial charge >= 0.3 is 0 Å². The normalized spacial score (nSPS) is 10.4. The molecule has 0 unspecified atom stereocenters. The number of rotatable bonds is 3. The van der Waals surface area contributed by atoms with Crippen molar-refractivity contribution in [3.63, 3.8) is 0 Å². The zero-order chi connectivity index (χ0) is 16.4. The maximum atomic E-state index is 12.3. The third-order valence-corrected chi connectivity index (χ3v) is 3.23. The van der Waals surface area contributed by atoms with Crippen molar-refractivity contribution in [1.82, 2.24) is 10.2 Å². The molecular weight excluding hydrogens is 300 g/mol. The van der Waals surface area contributed by atoms with Gasteiger partial charge in [0.1, 0.15) is 0 Å². The number of nitrogens with one attached hydrogen (secondary N) is 2. The number of amides is 1. The van der Waals surface area contributed by atoms with Crippen LogP contribution in [0.2, 0.25) is 0 Å². The van der Waals surface area contributed by atoms with Crippen LogP contribution in [0.4, 0.5) is 11.4 Å². The lowest BCUT2D eigenvalue weighted by Gasteiger charge is -2.04. The zero-order valence-electron chi connectivity index (χ0n) is 11.6. The summed E-state index contributed by atoms with van der Waals surface area (Å²) in [6.07, 6.45) is 0. The van der Waals surface area contributed by atoms with Crippen molar-refractivity contribution in [2.24, 2.45) is 0 Å². The van der Waals surface area contributed by atoms with Crippen LogP contribution in [0.3, 0.4) is 0 Å². The van der Waals surface area contributed by atoms with Crippen LogP contribution < -0.4 is 10.7 Å². The molecule has 0 atom stereocenters. The third kappa shape index (κ3) is 2.77. The fraction of sp³-hybridized carbons (Fsp3) is 0. The van der Waals surface area contributed by atoms with E-state index >= 15 is 0 Å². The van der Waals surface area contributed by atoms with Gasteiger partial charge in [-0.2, -0.15) is 5.10 Å². The maximum Gasteiger partial charge on any atom is 0.280 e. The predicted molar refractivity (Wildman–Crippen MR) is 83.4 cm³/mol. The van der Waals surface area contributed by atoms with Gasteiger partial charge in [-0.05, 0) is 24.3 Å². The van der Waals surface area contributed by atoms with Crippen molar-refractivity contribution in [1.29, 1.82) is 0 Å². The van der Waals surface area contributed by atoms with E-state index in [9.17, 15) is 19.7 Å². The van der Waals surface area contributed by atoms with Crippen molar-refractivity contribution >= 4 is 28.2 Å². The molecule has 0 aliphatic carbocycles. The van der Waals surface area contributed by atoms with E-state index in [1.54, 1.807) is 24.3 Å². The smallest absolute Gasteiger partial charge is 0.280 e. The number of anilines is 1. The average molecular weight is 310 g/mol. The molecule has 0 bridgehead atoms. The van der Waals surface area contributed by atoms with E-state index in [1.807, 2.05) is 0 Å². The Morgan fingerprint density at radius 2 is 1.83 bits per heavy atom. The first-order valence-corrected chi connectivity index (χ1v) is 6.59. The summed E-state index contributed by atoms with van der Waals surface area (Å²) >= 11 is 0. The van der Waals surface area contributed by atoms with E-state index in [4.69, 9.17) is 0 Å². The number of H-pyrrole nitrogens is 1. The van der Waals surface area contributed by atoms with Gasteiger partial charge in [0.15, 0.2) is 5.69 Å². The Kier molecular flexibility index (Phi) is 3.55. The molecule has 114 valence electrons. The Labute approximate surface area is 128 Å². The first-order chi connectivity index (χ1) is 11.1. The lowest BCUT2D eigenvalue weighted by molar-refractivity contribution is -0.384. The minimum atomic E-state index is -0.689. The van der Waals surface area contributed by atoms with Gasteiger partial charge in [-0.3, -0.25) is 24.8 Å². The van der Waals surface area contributed by atoms with Gasteiger partial charge in [-0.25, -0.2) is 0 Å². The summed E-state index contributed by atoms with van der Waals surface area (Å²) in [5.74, 6) is -0.689. The average Bonchev–Trinajstić information content (AvgIpc) is 2.56. The molecule has 0 saturated heterocycles. The summed E-state index contributed by atoms with van der Waals surface area (Å²) in [5.41, 5.74) is 0.00448. The highest BCUT2D eigenvalue weighted by atomic mass is 16.6. The number of fused-ring (bicyclic) bond motifs is 1. The van der Waals surface area contributed by atoms with Gasteiger partial charge in [-0.15, -0.1) is 0 Å². The molecule has 0 spiro atoms. The summed E-state index contributed by atoms with van der Waals surface area (Å²) in [5, 5.41) is 19.9. The molecule has 3 rings (SSSR count). The number of carbonyl (C=O) groups excluding carboxylic acids is 1. The summed E-state index contributed by atoms with van der Waals surface area (Å²) in [6, 6.07) is 12.0. The van der Waals surface area contributed by atoms with Crippen LogP contribution in [-0.2, 0) is 0 Å². The topological polar surface area (TPSA) is 118 Å². The molecule has 1 amide bonds. The van der Waals surface area contributed by atoms with Gasteiger partial charge in [0.25, 0.3) is 11.6 Å². The van der Waals surface area contributed by atoms with Gasteiger partial charge in [0, 0.05) is 23.2 Å². The molecule has 3 aromatic rings. The number of aromatic amines is 1. The summed E-state index contributed by atoms with van der Waals surface area (Å²) in [4.78, 5) is 34.5. The van der Waals surface area contributed by atoms with Gasteiger partial charge in [0.05, 0.1) is 10.4 Å². The second-order valence-corrected chi connectivity index (χ2v) is 4.71. The number of benzene rings is 2. The number of nitro benzene ring substituents is 1. The molecule has 8 heteroatoms. The number of aromatic nitrogens is 2. The third-order valence-electron chi connectivity index (χ3n) is 3.23. The Morgan fingerprint density at radius 1 is 1.13 bits per heavy atom. The Balaban J connectivity index is 1.90. The van der Waals surface area contributed by atoms with E-state index in [1.165, 1.54) is 24.3 Å². The molecule has 23 heavy (non-hydrogen) atoms. The van der Waals surface area contributed by atoms with Gasteiger partial charge in [-0.1, -0.05) is 12.1 Å². The molecule has 0 aliphatic rings. The SMILES string of the molecule is O=C(Nc1ccc([N+](=O)[O-])cc1)c1n[nH]c2ccccc2c1=O. The molecular formula is C15H10N4O4. The highest BCUT2D eigenvalue weighted by molar-refractivity contribution is 6.04. The minimum Gasteiger partial charge on any atom is -0.320 e. The largest absolute Gasteiger partial charge is 0.320 e. The Morgan fingerprint density at radius 3 is 2.52 bits per heavy atom. The fourth-order valence-electron chi connectivity index (χ4n) is 2.08. The van der Waals surface area contributed by atoms with Crippen LogP contribution in [-0.4, -0.2) is 21.0 Å². The van der Waals surface area contributed by atoms with E-state index in [0.717, 1.165) is 0 Å². The van der Waals surface area contributed by atoms with Crippen LogP contribution in [0.25, 0.3) is 10.9 Å². The van der Waals surface area contributed by atoms with Crippen LogP contribution in [0.15, 0.2) is 53.3 Å². The first-order valence-electron chi connectivity index (χ1n) is 6.59. The van der Waals surface area contributed by atoms with Crippen molar-refractivity contribution < 1.29 is 9.72 Å². The van der Waals surface area contributed by atoms with Gasteiger partial charge < -0.3 is 5.32 Å². The molecule has 1 heterocycles. The van der Waals surface area contributed by atoms with Crippen molar-refractivity contribution in [2.75, 3.05) is 5.32 Å². The monoisotopic (exact) mass is 310 g/mol. The van der Waals surface area contributed by atoms with Crippen LogP contribution in [0.1, 0.15) is 10.5 Å². The zero-order valence-corrected chi connectivity index (χ0v) is 11.6. The van der Waals surface area contributed by atoms with Crippen LogP contribution in [0.5, 0.6) is 0 Å². The molecule has 0 saturated carbocycles. The number of hydrogen-bond acceptors (Lipinski definition) is 5. The molecule has 8 nitrogen and oxygen atoms in total. The molecule has 0 radical (unpaired) electrons. The number of nitrogens with zero attached hydrogens (tertiary/aromatic N) is 2. The number of nitro groups is 1. The second kappa shape index (κ2) is 5.68. The summed E-state index contributed by atoms with van der Waals surface area (Å²) < 4.78 is 0. The molecule has 0 fully saturated rings. The van der Waals surface area contributed by atoms with Crippen LogP contribution in [0, 0.1) is 10.1 Å². The fourth-order valence-corrected chi connectivity index (χ4v) is 2.08. The van der Waals surface area contributed by atoms with E-state index in [-0.39, 0.29) is 11.4 Å². The Hall–Kier alpha value is -3.55. The quantitative estimate of drug-likeness (QED) is 0.567. The van der Waals surface area contributed by atoms with Crippen molar-refractivity contribution in [3.8, 4) is 0 Å². The van der Waals surface area contributed by atoms with E-state index in [2.05, 4.69) is 15.5 Å². The highest BCUT2D eigenvalue weighted by Gasteiger charge is 2.15. The summed E-state index contributed by atoms with van der Waals surface area (Å²) in [7, 11) is 0. The number of carbonyl (C=O) groups is 1. The Bertz CT molecular complexity index is 963. The number of non-ortho nitro benzene ring substituents is 1. The maximum absolute atomic E-state index is 12.3. The van der Waals surface area contributed by atoms with Gasteiger partial charge in [0.2, 0.25) is 5.43 Å². The summed E-state index contributed by atoms with van der Waals surface area (Å²) in [6.45, 7) is 0. The lowest BCUT2D eigenvalue weighted by Crippen LogP contribution is -2.24. The molecule has 0 aliphatic heterocycles. The lowest BCUT2D eigenvalue weighted by atomic mass is 10.2. The van der Waals surface area contributed by atoms with Crippen LogP contribution >= 0.6 is 0 Å². The first kappa shape index (κ1) is 14.4. The highest BCUT2D eigenvalue weighted by Crippen LogP contribution is 2.15. The minimum absolute atomic E-state index is 0.0929. The standard InChI is InChI=1S/C15H10N4O4/c20-14-11-3-1-2-4-12(11)17-18-13(14)15(21)16-9-5-7-10(8-6-9)19(22)23/h1-8H,(H,16,21)(H,17,20). The predicted octanol–water partition coefficient (Wildman–Crippen LogP) is 2.08. The molecule has 2 N–H and O–H groups in total. The van der Waals surface area contributed by atoms with Crippen molar-refractivity contribution in [2.45, 2.75) is 0 Å². The van der Waals surface area contributed by atoms with Crippen molar-refractivity contribution in [3.05, 3.63) is 74.6 Å². The number of hydrogen-bond donors (Lipinski definition) is 2. The molecule has 2 aromatic carbocycles. The van der Waals surface area contributed by atoms with E-state index in [0.29, 0.717) is 16.6 Å². The molecule has 1 aromatic heterocycles. The van der Waals surface area contributed by atoms with E-state index < -0.39 is 16.3 Å².